The first kappa shape index (κ1) is 15.3. The Morgan fingerprint density at radius 2 is 2.12 bits per heavy atom. The number of hydrogen-bond acceptors (Lipinski definition) is 3. The lowest BCUT2D eigenvalue weighted by Gasteiger charge is -2.35. The van der Waals surface area contributed by atoms with Crippen molar-refractivity contribution < 1.29 is 9.18 Å². The van der Waals surface area contributed by atoms with Gasteiger partial charge in [-0.25, -0.2) is 4.39 Å². The molecule has 1 atom stereocenters. The van der Waals surface area contributed by atoms with Gasteiger partial charge in [-0.15, -0.1) is 11.3 Å². The third-order valence-corrected chi connectivity index (χ3v) is 6.52. The van der Waals surface area contributed by atoms with Gasteiger partial charge in [0.15, 0.2) is 0 Å². The quantitative estimate of drug-likeness (QED) is 0.794. The Hall–Kier alpha value is -2.01. The van der Waals surface area contributed by atoms with Crippen molar-refractivity contribution in [2.24, 2.45) is 4.99 Å². The number of halogens is 1. The zero-order valence-electron chi connectivity index (χ0n) is 13.9. The molecule has 2 heterocycles. The van der Waals surface area contributed by atoms with E-state index in [1.54, 1.807) is 6.07 Å². The molecule has 1 aromatic carbocycles. The highest BCUT2D eigenvalue weighted by Gasteiger charge is 2.40. The van der Waals surface area contributed by atoms with Crippen LogP contribution in [-0.2, 0) is 0 Å². The average molecular weight is 354 g/mol. The van der Waals surface area contributed by atoms with Gasteiger partial charge in [-0.05, 0) is 61.4 Å². The number of aliphatic imine (C=N–C) groups is 1. The van der Waals surface area contributed by atoms with Gasteiger partial charge in [-0.1, -0.05) is 0 Å². The topological polar surface area (TPSA) is 32.7 Å². The molecular weight excluding hydrogens is 335 g/mol. The summed E-state index contributed by atoms with van der Waals surface area (Å²) in [5.74, 6) is -0.212. The van der Waals surface area contributed by atoms with E-state index in [1.807, 2.05) is 11.6 Å². The SMILES string of the molecule is O=C(c1csc2ccc(F)cc12)N(C1CC1)C1CCC2=C(C=NC2)C1. The molecule has 1 saturated carbocycles. The number of benzene rings is 1. The van der Waals surface area contributed by atoms with Crippen LogP contribution in [0.4, 0.5) is 4.39 Å². The normalized spacial score (nSPS) is 22.5. The second kappa shape index (κ2) is 5.77. The Bertz CT molecular complexity index is 925. The first-order valence-corrected chi connectivity index (χ1v) is 9.79. The first-order valence-electron chi connectivity index (χ1n) is 8.91. The van der Waals surface area contributed by atoms with Gasteiger partial charge in [0.1, 0.15) is 5.82 Å². The molecule has 0 radical (unpaired) electrons. The molecule has 1 aromatic heterocycles. The zero-order valence-corrected chi connectivity index (χ0v) is 14.7. The van der Waals surface area contributed by atoms with Gasteiger partial charge in [0.05, 0.1) is 12.1 Å². The molecule has 25 heavy (non-hydrogen) atoms. The molecule has 0 saturated heterocycles. The van der Waals surface area contributed by atoms with Crippen LogP contribution in [0.15, 0.2) is 39.7 Å². The highest BCUT2D eigenvalue weighted by Crippen LogP contribution is 2.39. The van der Waals surface area contributed by atoms with E-state index in [-0.39, 0.29) is 17.8 Å². The standard InChI is InChI=1S/C20H19FN2OS/c21-14-2-6-19-17(8-14)18(11-25-19)20(24)23(15-4-5-15)16-3-1-12-9-22-10-13(12)7-16/h2,6,8,10-11,15-16H,1,3-5,7,9H2. The maximum absolute atomic E-state index is 13.7. The Labute approximate surface area is 149 Å². The van der Waals surface area contributed by atoms with Crippen molar-refractivity contribution in [2.45, 2.75) is 44.2 Å². The van der Waals surface area contributed by atoms with Gasteiger partial charge in [-0.3, -0.25) is 9.79 Å². The van der Waals surface area contributed by atoms with E-state index in [1.165, 1.54) is 34.6 Å². The van der Waals surface area contributed by atoms with Crippen LogP contribution in [0, 0.1) is 5.82 Å². The largest absolute Gasteiger partial charge is 0.332 e. The van der Waals surface area contributed by atoms with Gasteiger partial charge in [0.25, 0.3) is 5.91 Å². The highest BCUT2D eigenvalue weighted by atomic mass is 32.1. The van der Waals surface area contributed by atoms with Gasteiger partial charge < -0.3 is 4.90 Å². The Morgan fingerprint density at radius 3 is 2.96 bits per heavy atom. The van der Waals surface area contributed by atoms with Crippen molar-refractivity contribution in [1.82, 2.24) is 4.90 Å². The zero-order chi connectivity index (χ0) is 17.0. The van der Waals surface area contributed by atoms with E-state index < -0.39 is 0 Å². The number of fused-ring (bicyclic) bond motifs is 1. The molecule has 5 heteroatoms. The molecule has 5 rings (SSSR count). The summed E-state index contributed by atoms with van der Waals surface area (Å²) < 4.78 is 14.7. The van der Waals surface area contributed by atoms with Crippen molar-refractivity contribution >= 4 is 33.5 Å². The smallest absolute Gasteiger partial charge is 0.255 e. The average Bonchev–Trinajstić information content (AvgIpc) is 3.18. The van der Waals surface area contributed by atoms with Crippen LogP contribution in [0.1, 0.15) is 42.5 Å². The molecule has 3 nitrogen and oxygen atoms in total. The number of rotatable bonds is 3. The minimum atomic E-state index is -0.285. The molecular formula is C20H19FN2OS. The summed E-state index contributed by atoms with van der Waals surface area (Å²) in [5, 5.41) is 2.64. The van der Waals surface area contributed by atoms with Gasteiger partial charge in [-0.2, -0.15) is 0 Å². The van der Waals surface area contributed by atoms with Crippen LogP contribution in [0.2, 0.25) is 0 Å². The van der Waals surface area contributed by atoms with E-state index in [0.29, 0.717) is 11.6 Å². The van der Waals surface area contributed by atoms with Crippen molar-refractivity contribution in [1.29, 1.82) is 0 Å². The third kappa shape index (κ3) is 2.61. The molecule has 0 spiro atoms. The number of nitrogens with zero attached hydrogens (tertiary/aromatic N) is 2. The Morgan fingerprint density at radius 1 is 1.24 bits per heavy atom. The van der Waals surface area contributed by atoms with Crippen LogP contribution in [0.25, 0.3) is 10.1 Å². The fourth-order valence-electron chi connectivity index (χ4n) is 4.12. The first-order chi connectivity index (χ1) is 12.2. The summed E-state index contributed by atoms with van der Waals surface area (Å²) in [6.07, 6.45) is 7.12. The van der Waals surface area contributed by atoms with Crippen LogP contribution in [-0.4, -0.2) is 35.7 Å². The molecule has 0 bridgehead atoms. The van der Waals surface area contributed by atoms with E-state index in [9.17, 15) is 9.18 Å². The fourth-order valence-corrected chi connectivity index (χ4v) is 5.03. The Balaban J connectivity index is 1.49. The molecule has 1 aliphatic heterocycles. The van der Waals surface area contributed by atoms with Crippen LogP contribution in [0.3, 0.4) is 0 Å². The number of carbonyl (C=O) groups excluding carboxylic acids is 1. The molecule has 1 fully saturated rings. The summed E-state index contributed by atoms with van der Waals surface area (Å²) in [5.41, 5.74) is 3.43. The number of amides is 1. The van der Waals surface area contributed by atoms with Crippen LogP contribution < -0.4 is 0 Å². The van der Waals surface area contributed by atoms with Crippen LogP contribution >= 0.6 is 11.3 Å². The summed E-state index contributed by atoms with van der Waals surface area (Å²) >= 11 is 1.52. The number of hydrogen-bond donors (Lipinski definition) is 0. The number of thiophene rings is 1. The molecule has 2 aromatic rings. The van der Waals surface area contributed by atoms with Gasteiger partial charge >= 0.3 is 0 Å². The minimum absolute atomic E-state index is 0.0725. The predicted octanol–water partition coefficient (Wildman–Crippen LogP) is 4.58. The molecule has 0 N–H and O–H groups in total. The molecule has 1 unspecified atom stereocenters. The van der Waals surface area contributed by atoms with E-state index in [0.717, 1.165) is 48.7 Å². The minimum Gasteiger partial charge on any atom is -0.332 e. The maximum Gasteiger partial charge on any atom is 0.255 e. The van der Waals surface area contributed by atoms with Crippen molar-refractivity contribution in [2.75, 3.05) is 6.54 Å². The second-order valence-corrected chi connectivity index (χ2v) is 8.14. The van der Waals surface area contributed by atoms with Gasteiger partial charge in [0.2, 0.25) is 0 Å². The molecule has 128 valence electrons. The number of carbonyl (C=O) groups is 1. The van der Waals surface area contributed by atoms with E-state index >= 15 is 0 Å². The van der Waals surface area contributed by atoms with E-state index in [4.69, 9.17) is 0 Å². The summed E-state index contributed by atoms with van der Waals surface area (Å²) in [4.78, 5) is 19.8. The lowest BCUT2D eigenvalue weighted by molar-refractivity contribution is 0.0648. The second-order valence-electron chi connectivity index (χ2n) is 7.23. The highest BCUT2D eigenvalue weighted by molar-refractivity contribution is 7.17. The van der Waals surface area contributed by atoms with Crippen molar-refractivity contribution in [3.63, 3.8) is 0 Å². The maximum atomic E-state index is 13.7. The van der Waals surface area contributed by atoms with Crippen molar-refractivity contribution in [3.05, 3.63) is 46.1 Å². The lowest BCUT2D eigenvalue weighted by Crippen LogP contribution is -2.43. The van der Waals surface area contributed by atoms with Gasteiger partial charge in [0, 0.05) is 33.8 Å². The summed E-state index contributed by atoms with van der Waals surface area (Å²) in [6, 6.07) is 5.31. The molecule has 1 amide bonds. The fraction of sp³-hybridized carbons (Fsp3) is 0.400. The summed E-state index contributed by atoms with van der Waals surface area (Å²) in [6.45, 7) is 0.841. The lowest BCUT2D eigenvalue weighted by atomic mass is 9.88. The molecule has 3 aliphatic rings. The van der Waals surface area contributed by atoms with Crippen molar-refractivity contribution in [3.8, 4) is 0 Å². The monoisotopic (exact) mass is 354 g/mol. The predicted molar refractivity (Wildman–Crippen MR) is 99.0 cm³/mol. The van der Waals surface area contributed by atoms with E-state index in [2.05, 4.69) is 9.89 Å². The third-order valence-electron chi connectivity index (χ3n) is 5.55. The van der Waals surface area contributed by atoms with Crippen LogP contribution in [0.5, 0.6) is 0 Å². The molecule has 2 aliphatic carbocycles. The summed E-state index contributed by atoms with van der Waals surface area (Å²) in [7, 11) is 0. The Kier molecular flexibility index (Phi) is 3.52.